The first-order chi connectivity index (χ1) is 5.77. The van der Waals surface area contributed by atoms with Crippen molar-refractivity contribution in [3.63, 3.8) is 0 Å². The maximum atomic E-state index is 10.2. The zero-order chi connectivity index (χ0) is 8.55. The first-order valence-electron chi connectivity index (χ1n) is 3.49. The predicted octanol–water partition coefficient (Wildman–Crippen LogP) is 1.06. The van der Waals surface area contributed by atoms with E-state index in [9.17, 15) is 10.1 Å². The van der Waals surface area contributed by atoms with Crippen LogP contribution < -0.4 is 0 Å². The second-order valence-corrected chi connectivity index (χ2v) is 2.53. The maximum Gasteiger partial charge on any atom is 0.363 e. The molecule has 0 spiro atoms. The van der Waals surface area contributed by atoms with Gasteiger partial charge in [-0.2, -0.15) is 0 Å². The number of rotatable bonds is 2. The van der Waals surface area contributed by atoms with Crippen LogP contribution in [0.5, 0.6) is 0 Å². The smallest absolute Gasteiger partial charge is 0.363 e. The lowest BCUT2D eigenvalue weighted by atomic mass is 10.2. The monoisotopic (exact) mass is 166 g/mol. The van der Waals surface area contributed by atoms with E-state index < -0.39 is 4.92 Å². The third-order valence-corrected chi connectivity index (χ3v) is 1.66. The molecule has 0 radical (unpaired) electrons. The summed E-state index contributed by atoms with van der Waals surface area (Å²) in [6.07, 6.45) is 1.59. The largest absolute Gasteiger partial charge is 0.368 e. The van der Waals surface area contributed by atoms with Gasteiger partial charge in [-0.15, -0.1) is 0 Å². The molecule has 1 atom stereocenters. The van der Waals surface area contributed by atoms with Crippen LogP contribution in [0.4, 0.5) is 5.82 Å². The number of hydrogen-bond acceptors (Lipinski definition) is 4. The van der Waals surface area contributed by atoms with Crippen molar-refractivity contribution >= 4 is 5.82 Å². The van der Waals surface area contributed by atoms with Crippen molar-refractivity contribution in [2.45, 2.75) is 6.10 Å². The molecule has 1 aliphatic rings. The van der Waals surface area contributed by atoms with E-state index in [4.69, 9.17) is 4.74 Å². The highest BCUT2D eigenvalue weighted by Crippen LogP contribution is 2.29. The zero-order valence-electron chi connectivity index (χ0n) is 6.14. The van der Waals surface area contributed by atoms with Crippen LogP contribution in [0.15, 0.2) is 18.3 Å². The van der Waals surface area contributed by atoms with Gasteiger partial charge in [-0.25, -0.2) is 0 Å². The highest BCUT2D eigenvalue weighted by molar-refractivity contribution is 5.25. The summed E-state index contributed by atoms with van der Waals surface area (Å²) in [6.45, 7) is 0.694. The molecule has 1 aromatic heterocycles. The summed E-state index contributed by atoms with van der Waals surface area (Å²) in [4.78, 5) is 13.4. The number of pyridine rings is 1. The molecule has 5 heteroatoms. The van der Waals surface area contributed by atoms with Crippen molar-refractivity contribution in [1.82, 2.24) is 4.98 Å². The molecule has 0 N–H and O–H groups in total. The number of aromatic nitrogens is 1. The number of ether oxygens (including phenoxy) is 1. The molecule has 1 fully saturated rings. The summed E-state index contributed by atoms with van der Waals surface area (Å²) in [6, 6.07) is 3.06. The molecule has 1 unspecified atom stereocenters. The maximum absolute atomic E-state index is 10.2. The van der Waals surface area contributed by atoms with Gasteiger partial charge in [0.2, 0.25) is 0 Å². The molecule has 2 heterocycles. The normalized spacial score (nSPS) is 20.5. The van der Waals surface area contributed by atoms with Gasteiger partial charge < -0.3 is 14.9 Å². The van der Waals surface area contributed by atoms with E-state index in [2.05, 4.69) is 4.98 Å². The fraction of sp³-hybridized carbons (Fsp3) is 0.286. The standard InChI is InChI=1S/C7H6N2O3/c10-9(11)7-2-1-5(3-8-7)6-4-12-6/h1-3,6H,4H2. The lowest BCUT2D eigenvalue weighted by Crippen LogP contribution is -1.92. The molecule has 0 aromatic carbocycles. The molecule has 0 bridgehead atoms. The minimum Gasteiger partial charge on any atom is -0.368 e. The average Bonchev–Trinajstić information content (AvgIpc) is 2.87. The predicted molar refractivity (Wildman–Crippen MR) is 39.6 cm³/mol. The third-order valence-electron chi connectivity index (χ3n) is 1.66. The van der Waals surface area contributed by atoms with E-state index in [1.54, 1.807) is 6.07 Å². The van der Waals surface area contributed by atoms with Crippen LogP contribution in [-0.4, -0.2) is 16.5 Å². The number of nitro groups is 1. The summed E-state index contributed by atoms with van der Waals surface area (Å²) >= 11 is 0. The van der Waals surface area contributed by atoms with Crippen LogP contribution in [0.1, 0.15) is 11.7 Å². The van der Waals surface area contributed by atoms with E-state index in [1.165, 1.54) is 12.3 Å². The van der Waals surface area contributed by atoms with Gasteiger partial charge >= 0.3 is 5.82 Å². The Kier molecular flexibility index (Phi) is 1.51. The Bertz CT molecular complexity index is 305. The molecular formula is C7H6N2O3. The van der Waals surface area contributed by atoms with E-state index in [1.807, 2.05) is 0 Å². The van der Waals surface area contributed by atoms with Crippen molar-refractivity contribution in [1.29, 1.82) is 0 Å². The Balaban J connectivity index is 2.24. The summed E-state index contributed by atoms with van der Waals surface area (Å²) in [5, 5.41) is 10.2. The Labute approximate surface area is 68.1 Å². The highest BCUT2D eigenvalue weighted by atomic mass is 16.6. The van der Waals surface area contributed by atoms with E-state index >= 15 is 0 Å². The van der Waals surface area contributed by atoms with Crippen LogP contribution >= 0.6 is 0 Å². The van der Waals surface area contributed by atoms with Gasteiger partial charge in [0.05, 0.1) is 6.61 Å². The molecule has 0 amide bonds. The minimum absolute atomic E-state index is 0.110. The SMILES string of the molecule is O=[N+]([O-])c1ccc(C2CO2)cn1. The zero-order valence-corrected chi connectivity index (χ0v) is 6.14. The van der Waals surface area contributed by atoms with E-state index in [0.717, 1.165) is 5.56 Å². The molecule has 62 valence electrons. The molecular weight excluding hydrogens is 160 g/mol. The topological polar surface area (TPSA) is 68.6 Å². The molecule has 2 rings (SSSR count). The lowest BCUT2D eigenvalue weighted by molar-refractivity contribution is -0.389. The fourth-order valence-corrected chi connectivity index (χ4v) is 0.937. The van der Waals surface area contributed by atoms with Gasteiger partial charge in [0.15, 0.2) is 0 Å². The molecule has 12 heavy (non-hydrogen) atoms. The number of epoxide rings is 1. The molecule has 0 saturated carbocycles. The fourth-order valence-electron chi connectivity index (χ4n) is 0.937. The van der Waals surface area contributed by atoms with Gasteiger partial charge in [-0.05, 0) is 16.0 Å². The van der Waals surface area contributed by atoms with Crippen molar-refractivity contribution < 1.29 is 9.66 Å². The second-order valence-electron chi connectivity index (χ2n) is 2.53. The highest BCUT2D eigenvalue weighted by Gasteiger charge is 2.26. The van der Waals surface area contributed by atoms with Crippen LogP contribution in [0.25, 0.3) is 0 Å². The Morgan fingerprint density at radius 1 is 1.67 bits per heavy atom. The average molecular weight is 166 g/mol. The van der Waals surface area contributed by atoms with Gasteiger partial charge in [0.25, 0.3) is 0 Å². The molecule has 0 aliphatic carbocycles. The lowest BCUT2D eigenvalue weighted by Gasteiger charge is -1.92. The summed E-state index contributed by atoms with van der Waals surface area (Å²) in [5.74, 6) is -0.126. The summed E-state index contributed by atoms with van der Waals surface area (Å²) in [7, 11) is 0. The first-order valence-corrected chi connectivity index (χ1v) is 3.49. The molecule has 1 aliphatic heterocycles. The van der Waals surface area contributed by atoms with E-state index in [-0.39, 0.29) is 11.9 Å². The van der Waals surface area contributed by atoms with Gasteiger partial charge in [-0.3, -0.25) is 0 Å². The van der Waals surface area contributed by atoms with Crippen molar-refractivity contribution in [2.24, 2.45) is 0 Å². The third kappa shape index (κ3) is 1.26. The first kappa shape index (κ1) is 7.17. The van der Waals surface area contributed by atoms with Gasteiger partial charge in [-0.1, -0.05) is 0 Å². The Hall–Kier alpha value is -1.49. The number of hydrogen-bond donors (Lipinski definition) is 0. The molecule has 5 nitrogen and oxygen atoms in total. The van der Waals surface area contributed by atoms with Crippen molar-refractivity contribution in [3.05, 3.63) is 34.0 Å². The molecule has 1 saturated heterocycles. The van der Waals surface area contributed by atoms with Gasteiger partial charge in [0.1, 0.15) is 12.3 Å². The summed E-state index contributed by atoms with van der Waals surface area (Å²) in [5.41, 5.74) is 0.903. The van der Waals surface area contributed by atoms with Crippen LogP contribution in [0.2, 0.25) is 0 Å². The van der Waals surface area contributed by atoms with Crippen molar-refractivity contribution in [2.75, 3.05) is 6.61 Å². The Morgan fingerprint density at radius 2 is 2.42 bits per heavy atom. The summed E-state index contributed by atoms with van der Waals surface area (Å²) < 4.78 is 4.99. The van der Waals surface area contributed by atoms with Crippen LogP contribution in [-0.2, 0) is 4.74 Å². The molecule has 1 aromatic rings. The second kappa shape index (κ2) is 2.53. The number of nitrogens with zero attached hydrogens (tertiary/aromatic N) is 2. The quantitative estimate of drug-likeness (QED) is 0.374. The minimum atomic E-state index is -0.516. The van der Waals surface area contributed by atoms with E-state index in [0.29, 0.717) is 6.61 Å². The Morgan fingerprint density at radius 3 is 2.83 bits per heavy atom. The van der Waals surface area contributed by atoms with Crippen LogP contribution in [0, 0.1) is 10.1 Å². The van der Waals surface area contributed by atoms with Crippen molar-refractivity contribution in [3.8, 4) is 0 Å². The van der Waals surface area contributed by atoms with Gasteiger partial charge in [0, 0.05) is 11.6 Å². The van der Waals surface area contributed by atoms with Crippen LogP contribution in [0.3, 0.4) is 0 Å².